The van der Waals surface area contributed by atoms with Crippen molar-refractivity contribution in [3.8, 4) is 0 Å². The predicted octanol–water partition coefficient (Wildman–Crippen LogP) is 3.55. The van der Waals surface area contributed by atoms with E-state index in [4.69, 9.17) is 9.15 Å². The van der Waals surface area contributed by atoms with Gasteiger partial charge in [0.1, 0.15) is 17.1 Å². The number of esters is 1. The maximum Gasteiger partial charge on any atom is 0.341 e. The number of carbonyl (C=O) groups is 2. The van der Waals surface area contributed by atoms with Crippen molar-refractivity contribution in [3.05, 3.63) is 23.2 Å². The van der Waals surface area contributed by atoms with E-state index < -0.39 is 5.97 Å². The molecule has 0 radical (unpaired) electrons. The van der Waals surface area contributed by atoms with Crippen LogP contribution >= 0.6 is 0 Å². The third-order valence-electron chi connectivity index (χ3n) is 3.89. The van der Waals surface area contributed by atoms with Crippen molar-refractivity contribution in [3.63, 3.8) is 0 Å². The lowest BCUT2D eigenvalue weighted by Gasteiger charge is -2.22. The summed E-state index contributed by atoms with van der Waals surface area (Å²) < 4.78 is 10.3. The fraction of sp³-hybridized carbons (Fsp3) is 0.647. The number of unbranched alkanes of at least 4 members (excludes halogenated alkanes) is 1. The van der Waals surface area contributed by atoms with Gasteiger partial charge in [-0.1, -0.05) is 26.7 Å². The summed E-state index contributed by atoms with van der Waals surface area (Å²) in [5.74, 6) is 0.876. The van der Waals surface area contributed by atoms with Crippen molar-refractivity contribution in [2.45, 2.75) is 53.0 Å². The zero-order valence-electron chi connectivity index (χ0n) is 14.3. The minimum atomic E-state index is -0.420. The first-order valence-corrected chi connectivity index (χ1v) is 7.87. The number of furan rings is 1. The van der Waals surface area contributed by atoms with Crippen LogP contribution in [-0.4, -0.2) is 30.9 Å². The Hall–Kier alpha value is -1.78. The Morgan fingerprint density at radius 1 is 1.36 bits per heavy atom. The molecule has 1 aromatic rings. The first kappa shape index (κ1) is 18.3. The molecule has 0 bridgehead atoms. The number of carbonyl (C=O) groups excluding carboxylic acids is 2. The summed E-state index contributed by atoms with van der Waals surface area (Å²) in [4.78, 5) is 25.7. The van der Waals surface area contributed by atoms with Crippen LogP contribution in [0.4, 0.5) is 0 Å². The minimum absolute atomic E-state index is 0.0566. The van der Waals surface area contributed by atoms with Crippen LogP contribution in [0.3, 0.4) is 0 Å². The van der Waals surface area contributed by atoms with E-state index in [-0.39, 0.29) is 11.8 Å². The molecule has 0 fully saturated rings. The number of ether oxygens (including phenoxy) is 1. The van der Waals surface area contributed by atoms with E-state index in [9.17, 15) is 9.59 Å². The Labute approximate surface area is 132 Å². The van der Waals surface area contributed by atoms with Crippen LogP contribution < -0.4 is 0 Å². The summed E-state index contributed by atoms with van der Waals surface area (Å²) in [5.41, 5.74) is 0.413. The summed E-state index contributed by atoms with van der Waals surface area (Å²) in [6.45, 7) is 6.24. The third kappa shape index (κ3) is 4.61. The van der Waals surface area contributed by atoms with Gasteiger partial charge in [0.15, 0.2) is 0 Å². The van der Waals surface area contributed by atoms with E-state index in [0.717, 1.165) is 25.7 Å². The molecule has 0 spiro atoms. The Balaban J connectivity index is 2.73. The van der Waals surface area contributed by atoms with E-state index in [1.165, 1.54) is 7.11 Å². The molecule has 1 unspecified atom stereocenters. The van der Waals surface area contributed by atoms with E-state index in [1.54, 1.807) is 24.9 Å². The van der Waals surface area contributed by atoms with Crippen LogP contribution in [0.15, 0.2) is 10.5 Å². The fourth-order valence-electron chi connectivity index (χ4n) is 2.51. The van der Waals surface area contributed by atoms with E-state index in [2.05, 4.69) is 6.92 Å². The lowest BCUT2D eigenvalue weighted by molar-refractivity contribution is -0.135. The van der Waals surface area contributed by atoms with E-state index >= 15 is 0 Å². The molecule has 1 atom stereocenters. The molecule has 0 N–H and O–H groups in total. The average molecular weight is 309 g/mol. The van der Waals surface area contributed by atoms with Gasteiger partial charge in [0.25, 0.3) is 0 Å². The summed E-state index contributed by atoms with van der Waals surface area (Å²) in [6, 6.07) is 1.65. The Morgan fingerprint density at radius 3 is 2.59 bits per heavy atom. The fourth-order valence-corrected chi connectivity index (χ4v) is 2.51. The van der Waals surface area contributed by atoms with Gasteiger partial charge in [-0.05, 0) is 25.8 Å². The third-order valence-corrected chi connectivity index (χ3v) is 3.89. The summed E-state index contributed by atoms with van der Waals surface area (Å²) in [6.07, 6.45) is 3.91. The number of nitrogens with zero attached hydrogens (tertiary/aromatic N) is 1. The number of hydrogen-bond donors (Lipinski definition) is 0. The topological polar surface area (TPSA) is 59.8 Å². The Kier molecular flexibility index (Phi) is 7.15. The highest BCUT2D eigenvalue weighted by atomic mass is 16.5. The molecule has 0 saturated heterocycles. The quantitative estimate of drug-likeness (QED) is 0.689. The van der Waals surface area contributed by atoms with Crippen molar-refractivity contribution >= 4 is 11.9 Å². The van der Waals surface area contributed by atoms with Crippen LogP contribution in [0, 0.1) is 12.8 Å². The SMILES string of the molecule is CCCCC(CC)C(=O)N(C)Cc1cc(C(=O)OC)c(C)o1. The molecule has 1 heterocycles. The zero-order valence-corrected chi connectivity index (χ0v) is 14.3. The average Bonchev–Trinajstić information content (AvgIpc) is 2.87. The maximum atomic E-state index is 12.5. The second-order valence-corrected chi connectivity index (χ2v) is 5.62. The first-order chi connectivity index (χ1) is 10.4. The molecule has 1 amide bonds. The smallest absolute Gasteiger partial charge is 0.341 e. The van der Waals surface area contributed by atoms with Crippen molar-refractivity contribution < 1.29 is 18.7 Å². The molecule has 0 aromatic carbocycles. The number of hydrogen-bond acceptors (Lipinski definition) is 4. The Bertz CT molecular complexity index is 507. The largest absolute Gasteiger partial charge is 0.465 e. The predicted molar refractivity (Wildman–Crippen MR) is 84.6 cm³/mol. The summed E-state index contributed by atoms with van der Waals surface area (Å²) in [7, 11) is 3.11. The minimum Gasteiger partial charge on any atom is -0.465 e. The van der Waals surface area contributed by atoms with Gasteiger partial charge in [0.2, 0.25) is 5.91 Å². The molecule has 1 rings (SSSR count). The molecule has 0 aliphatic carbocycles. The molecule has 0 aliphatic heterocycles. The number of rotatable bonds is 8. The normalized spacial score (nSPS) is 12.0. The van der Waals surface area contributed by atoms with Gasteiger partial charge >= 0.3 is 5.97 Å². The lowest BCUT2D eigenvalue weighted by Crippen LogP contribution is -2.32. The highest BCUT2D eigenvalue weighted by Crippen LogP contribution is 2.20. The van der Waals surface area contributed by atoms with E-state index in [0.29, 0.717) is 23.6 Å². The second kappa shape index (κ2) is 8.61. The van der Waals surface area contributed by atoms with Crippen LogP contribution in [0.1, 0.15) is 61.4 Å². The number of aryl methyl sites for hydroxylation is 1. The second-order valence-electron chi connectivity index (χ2n) is 5.62. The number of amides is 1. The van der Waals surface area contributed by atoms with Crippen LogP contribution in [0.5, 0.6) is 0 Å². The van der Waals surface area contributed by atoms with Gasteiger partial charge < -0.3 is 14.1 Å². The van der Waals surface area contributed by atoms with E-state index in [1.807, 2.05) is 6.92 Å². The van der Waals surface area contributed by atoms with Gasteiger partial charge in [-0.3, -0.25) is 4.79 Å². The van der Waals surface area contributed by atoms with Crippen LogP contribution in [0.25, 0.3) is 0 Å². The summed E-state index contributed by atoms with van der Waals surface area (Å²) in [5, 5.41) is 0. The highest BCUT2D eigenvalue weighted by molar-refractivity contribution is 5.90. The maximum absolute atomic E-state index is 12.5. The van der Waals surface area contributed by atoms with Crippen molar-refractivity contribution in [2.75, 3.05) is 14.2 Å². The monoisotopic (exact) mass is 309 g/mol. The van der Waals surface area contributed by atoms with Crippen molar-refractivity contribution in [1.29, 1.82) is 0 Å². The Morgan fingerprint density at radius 2 is 2.05 bits per heavy atom. The molecule has 1 aromatic heterocycles. The summed E-state index contributed by atoms with van der Waals surface area (Å²) >= 11 is 0. The van der Waals surface area contributed by atoms with Gasteiger partial charge in [-0.2, -0.15) is 0 Å². The molecule has 5 nitrogen and oxygen atoms in total. The number of methoxy groups -OCH3 is 1. The van der Waals surface area contributed by atoms with Crippen LogP contribution in [0.2, 0.25) is 0 Å². The van der Waals surface area contributed by atoms with Crippen LogP contribution in [-0.2, 0) is 16.1 Å². The molecular formula is C17H27NO4. The van der Waals surface area contributed by atoms with Crippen molar-refractivity contribution in [2.24, 2.45) is 5.92 Å². The highest BCUT2D eigenvalue weighted by Gasteiger charge is 2.22. The molecule has 0 aliphatic rings. The van der Waals surface area contributed by atoms with Gasteiger partial charge in [0.05, 0.1) is 13.7 Å². The van der Waals surface area contributed by atoms with Gasteiger partial charge in [-0.15, -0.1) is 0 Å². The lowest BCUT2D eigenvalue weighted by atomic mass is 9.98. The first-order valence-electron chi connectivity index (χ1n) is 7.87. The molecule has 22 heavy (non-hydrogen) atoms. The molecule has 5 heteroatoms. The van der Waals surface area contributed by atoms with Crippen molar-refractivity contribution in [1.82, 2.24) is 4.90 Å². The standard InChI is InChI=1S/C17H27NO4/c1-6-8-9-13(7-2)16(19)18(4)11-14-10-15(12(3)22-14)17(20)21-5/h10,13H,6-9,11H2,1-5H3. The van der Waals surface area contributed by atoms with Gasteiger partial charge in [-0.25, -0.2) is 4.79 Å². The van der Waals surface area contributed by atoms with Gasteiger partial charge in [0, 0.05) is 13.0 Å². The molecular weight excluding hydrogens is 282 g/mol. The molecule has 0 saturated carbocycles. The molecule has 124 valence electrons. The zero-order chi connectivity index (χ0) is 16.7.